The molecular weight excluding hydrogens is 428 g/mol. The third kappa shape index (κ3) is 4.67. The number of benzene rings is 1. The maximum atomic E-state index is 12.1. The Labute approximate surface area is 135 Å². The Hall–Kier alpha value is -0.740. The largest absolute Gasteiger partial charge is 0.573 e. The maximum absolute atomic E-state index is 12.1. The third-order valence-electron chi connectivity index (χ3n) is 2.15. The number of anilines is 1. The first-order valence-electron chi connectivity index (χ1n) is 5.23. The van der Waals surface area contributed by atoms with E-state index in [1.165, 1.54) is 29.5 Å². The lowest BCUT2D eigenvalue weighted by atomic mass is 10.3. The molecule has 0 unspecified atom stereocenters. The summed E-state index contributed by atoms with van der Waals surface area (Å²) >= 11 is 8.99. The number of nitrogens with zero attached hydrogens (tertiary/aromatic N) is 1. The standard InChI is InChI=1S/C11H7ClF3IN2OS/c12-10-18-5-7(20-10)4-17-9-2-1-6(3-8(9)16)19-11(13,14)15/h1-3,5,17H,4H2. The van der Waals surface area contributed by atoms with Crippen LogP contribution >= 0.6 is 45.5 Å². The summed E-state index contributed by atoms with van der Waals surface area (Å²) in [7, 11) is 0. The van der Waals surface area contributed by atoms with Crippen molar-refractivity contribution in [2.24, 2.45) is 0 Å². The van der Waals surface area contributed by atoms with Gasteiger partial charge < -0.3 is 10.1 Å². The van der Waals surface area contributed by atoms with Crippen molar-refractivity contribution in [1.29, 1.82) is 0 Å². The maximum Gasteiger partial charge on any atom is 0.573 e. The fraction of sp³-hybridized carbons (Fsp3) is 0.182. The second kappa shape index (κ2) is 6.35. The van der Waals surface area contributed by atoms with Crippen LogP contribution in [0.4, 0.5) is 18.9 Å². The highest BCUT2D eigenvalue weighted by Crippen LogP contribution is 2.28. The van der Waals surface area contributed by atoms with Crippen molar-refractivity contribution in [3.63, 3.8) is 0 Å². The van der Waals surface area contributed by atoms with Crippen LogP contribution in [0, 0.1) is 3.57 Å². The molecule has 0 aliphatic carbocycles. The fourth-order valence-electron chi connectivity index (χ4n) is 1.38. The fourth-order valence-corrected chi connectivity index (χ4v) is 2.98. The molecule has 2 rings (SSSR count). The molecule has 9 heteroatoms. The van der Waals surface area contributed by atoms with Gasteiger partial charge in [-0.25, -0.2) is 4.98 Å². The summed E-state index contributed by atoms with van der Waals surface area (Å²) in [5, 5.41) is 3.10. The summed E-state index contributed by atoms with van der Waals surface area (Å²) in [5.41, 5.74) is 0.713. The van der Waals surface area contributed by atoms with Crippen molar-refractivity contribution >= 4 is 51.2 Å². The first-order chi connectivity index (χ1) is 9.33. The molecule has 0 aliphatic rings. The second-order valence-corrected chi connectivity index (χ2v) is 6.48. The van der Waals surface area contributed by atoms with Gasteiger partial charge >= 0.3 is 6.36 Å². The van der Waals surface area contributed by atoms with E-state index in [2.05, 4.69) is 15.0 Å². The summed E-state index contributed by atoms with van der Waals surface area (Å²) in [6.45, 7) is 0.500. The smallest absolute Gasteiger partial charge is 0.406 e. The van der Waals surface area contributed by atoms with Crippen molar-refractivity contribution in [1.82, 2.24) is 4.98 Å². The topological polar surface area (TPSA) is 34.1 Å². The molecule has 20 heavy (non-hydrogen) atoms. The van der Waals surface area contributed by atoms with Gasteiger partial charge in [0.25, 0.3) is 0 Å². The lowest BCUT2D eigenvalue weighted by molar-refractivity contribution is -0.274. The quantitative estimate of drug-likeness (QED) is 0.694. The van der Waals surface area contributed by atoms with Crippen LogP contribution < -0.4 is 10.1 Å². The Morgan fingerprint density at radius 2 is 2.15 bits per heavy atom. The molecule has 0 atom stereocenters. The Morgan fingerprint density at radius 3 is 2.70 bits per heavy atom. The molecule has 0 bridgehead atoms. The Morgan fingerprint density at radius 1 is 1.40 bits per heavy atom. The van der Waals surface area contributed by atoms with E-state index < -0.39 is 6.36 Å². The third-order valence-corrected chi connectivity index (χ3v) is 4.16. The van der Waals surface area contributed by atoms with Crippen molar-refractivity contribution in [2.75, 3.05) is 5.32 Å². The van der Waals surface area contributed by atoms with E-state index in [1.807, 2.05) is 22.6 Å². The molecule has 0 fully saturated rings. The monoisotopic (exact) mass is 434 g/mol. The molecule has 1 aromatic heterocycles. The van der Waals surface area contributed by atoms with Gasteiger partial charge in [-0.1, -0.05) is 11.6 Å². The van der Waals surface area contributed by atoms with Gasteiger partial charge in [-0.2, -0.15) is 0 Å². The predicted octanol–water partition coefficient (Wildman–Crippen LogP) is 4.91. The van der Waals surface area contributed by atoms with Crippen molar-refractivity contribution in [2.45, 2.75) is 12.9 Å². The summed E-state index contributed by atoms with van der Waals surface area (Å²) in [6.07, 6.45) is -3.04. The number of nitrogens with one attached hydrogen (secondary N) is 1. The Bertz CT molecular complexity index is 606. The van der Waals surface area contributed by atoms with Crippen LogP contribution in [-0.4, -0.2) is 11.3 Å². The normalized spacial score (nSPS) is 11.4. The summed E-state index contributed by atoms with van der Waals surface area (Å²) in [6, 6.07) is 4.11. The number of halogens is 5. The average Bonchev–Trinajstić information content (AvgIpc) is 2.72. The zero-order chi connectivity index (χ0) is 14.8. The van der Waals surface area contributed by atoms with E-state index >= 15 is 0 Å². The summed E-state index contributed by atoms with van der Waals surface area (Å²) < 4.78 is 41.2. The van der Waals surface area contributed by atoms with Gasteiger partial charge in [-0.05, 0) is 40.8 Å². The molecule has 0 saturated heterocycles. The van der Waals surface area contributed by atoms with Crippen LogP contribution in [0.1, 0.15) is 4.88 Å². The average molecular weight is 435 g/mol. The molecule has 3 nitrogen and oxygen atoms in total. The molecular formula is C11H7ClF3IN2OS. The van der Waals surface area contributed by atoms with E-state index in [4.69, 9.17) is 11.6 Å². The highest BCUT2D eigenvalue weighted by Gasteiger charge is 2.31. The summed E-state index contributed by atoms with van der Waals surface area (Å²) in [4.78, 5) is 4.83. The van der Waals surface area contributed by atoms with Crippen molar-refractivity contribution in [3.8, 4) is 5.75 Å². The number of hydrogen-bond donors (Lipinski definition) is 1. The van der Waals surface area contributed by atoms with Gasteiger partial charge in [0.05, 0.1) is 6.54 Å². The molecule has 0 amide bonds. The Kier molecular flexibility index (Phi) is 4.97. The molecule has 0 aliphatic heterocycles. The van der Waals surface area contributed by atoms with E-state index in [0.717, 1.165) is 4.88 Å². The SMILES string of the molecule is FC(F)(F)Oc1ccc(NCc2cnc(Cl)s2)c(I)c1. The minimum absolute atomic E-state index is 0.242. The van der Waals surface area contributed by atoms with Crippen LogP contribution in [0.3, 0.4) is 0 Å². The molecule has 1 N–H and O–H groups in total. The van der Waals surface area contributed by atoms with E-state index in [1.54, 1.807) is 6.20 Å². The zero-order valence-corrected chi connectivity index (χ0v) is 13.4. The number of thiazole rings is 1. The van der Waals surface area contributed by atoms with Crippen LogP contribution in [0.15, 0.2) is 24.4 Å². The zero-order valence-electron chi connectivity index (χ0n) is 9.67. The molecule has 1 aromatic carbocycles. The number of aromatic nitrogens is 1. The van der Waals surface area contributed by atoms with Crippen LogP contribution in [-0.2, 0) is 6.54 Å². The lowest BCUT2D eigenvalue weighted by Crippen LogP contribution is -2.17. The number of alkyl halides is 3. The molecule has 0 spiro atoms. The Balaban J connectivity index is 2.02. The van der Waals surface area contributed by atoms with Gasteiger partial charge in [0.15, 0.2) is 4.47 Å². The highest BCUT2D eigenvalue weighted by atomic mass is 127. The van der Waals surface area contributed by atoms with E-state index in [0.29, 0.717) is 20.3 Å². The first kappa shape index (κ1) is 15.6. The summed E-state index contributed by atoms with van der Waals surface area (Å²) in [5.74, 6) is -0.242. The molecule has 0 radical (unpaired) electrons. The van der Waals surface area contributed by atoms with Gasteiger partial charge in [-0.3, -0.25) is 0 Å². The van der Waals surface area contributed by atoms with E-state index in [-0.39, 0.29) is 5.75 Å². The van der Waals surface area contributed by atoms with Crippen LogP contribution in [0.5, 0.6) is 5.75 Å². The van der Waals surface area contributed by atoms with Gasteiger partial charge in [0, 0.05) is 20.3 Å². The minimum atomic E-state index is -4.68. The first-order valence-corrected chi connectivity index (χ1v) is 7.50. The van der Waals surface area contributed by atoms with Gasteiger partial charge in [0.2, 0.25) is 0 Å². The minimum Gasteiger partial charge on any atom is -0.406 e. The second-order valence-electron chi connectivity index (χ2n) is 3.62. The number of ether oxygens (including phenoxy) is 1. The van der Waals surface area contributed by atoms with E-state index in [9.17, 15) is 13.2 Å². The lowest BCUT2D eigenvalue weighted by Gasteiger charge is -2.12. The van der Waals surface area contributed by atoms with Crippen LogP contribution in [0.25, 0.3) is 0 Å². The molecule has 1 heterocycles. The number of rotatable bonds is 4. The van der Waals surface area contributed by atoms with Crippen LogP contribution in [0.2, 0.25) is 4.47 Å². The molecule has 2 aromatic rings. The number of hydrogen-bond acceptors (Lipinski definition) is 4. The molecule has 108 valence electrons. The predicted molar refractivity (Wildman–Crippen MR) is 80.3 cm³/mol. The molecule has 0 saturated carbocycles. The van der Waals surface area contributed by atoms with Crippen molar-refractivity contribution in [3.05, 3.63) is 37.3 Å². The highest BCUT2D eigenvalue weighted by molar-refractivity contribution is 14.1. The van der Waals surface area contributed by atoms with Gasteiger partial charge in [-0.15, -0.1) is 24.5 Å². The van der Waals surface area contributed by atoms with Gasteiger partial charge in [0.1, 0.15) is 5.75 Å². The van der Waals surface area contributed by atoms with Crippen molar-refractivity contribution < 1.29 is 17.9 Å².